The topological polar surface area (TPSA) is 17.1 Å². The molecule has 0 spiro atoms. The zero-order valence-electron chi connectivity index (χ0n) is 6.13. The Labute approximate surface area is 64.7 Å². The Hall–Kier alpha value is -0.630. The molecule has 1 rings (SSSR count). The highest BCUT2D eigenvalue weighted by Crippen LogP contribution is 2.24. The van der Waals surface area contributed by atoms with Gasteiger partial charge in [-0.2, -0.15) is 0 Å². The van der Waals surface area contributed by atoms with E-state index in [4.69, 9.17) is 0 Å². The van der Waals surface area contributed by atoms with E-state index in [1.807, 2.05) is 31.4 Å². The molecule has 1 heterocycles. The summed E-state index contributed by atoms with van der Waals surface area (Å²) >= 11 is 1.62. The summed E-state index contributed by atoms with van der Waals surface area (Å²) in [5, 5.41) is 1.99. The summed E-state index contributed by atoms with van der Waals surface area (Å²) in [5.41, 5.74) is -0.297. The maximum atomic E-state index is 10.5. The van der Waals surface area contributed by atoms with Crippen LogP contribution < -0.4 is 0 Å². The summed E-state index contributed by atoms with van der Waals surface area (Å²) in [6.45, 7) is 3.84. The van der Waals surface area contributed by atoms with Crippen molar-refractivity contribution >= 4 is 17.6 Å². The fourth-order valence-corrected chi connectivity index (χ4v) is 1.52. The van der Waals surface area contributed by atoms with Crippen molar-refractivity contribution in [3.8, 4) is 0 Å². The van der Waals surface area contributed by atoms with E-state index in [0.717, 1.165) is 11.2 Å². The van der Waals surface area contributed by atoms with Crippen molar-refractivity contribution in [1.29, 1.82) is 0 Å². The SMILES string of the molecule is CC(C)(C=O)c1cccs1. The number of carbonyl (C=O) groups excluding carboxylic acids is 1. The van der Waals surface area contributed by atoms with Crippen molar-refractivity contribution in [1.82, 2.24) is 0 Å². The van der Waals surface area contributed by atoms with E-state index in [9.17, 15) is 4.79 Å². The lowest BCUT2D eigenvalue weighted by Gasteiger charge is -2.12. The minimum Gasteiger partial charge on any atom is -0.302 e. The largest absolute Gasteiger partial charge is 0.302 e. The molecule has 1 aromatic rings. The maximum absolute atomic E-state index is 10.5. The average molecular weight is 154 g/mol. The van der Waals surface area contributed by atoms with Gasteiger partial charge in [0.15, 0.2) is 0 Å². The van der Waals surface area contributed by atoms with Crippen LogP contribution in [0, 0.1) is 0 Å². The predicted molar refractivity (Wildman–Crippen MR) is 43.4 cm³/mol. The van der Waals surface area contributed by atoms with Gasteiger partial charge in [0.2, 0.25) is 0 Å². The predicted octanol–water partition coefficient (Wildman–Crippen LogP) is 2.22. The van der Waals surface area contributed by atoms with Gasteiger partial charge in [-0.3, -0.25) is 0 Å². The number of carbonyl (C=O) groups is 1. The molecule has 2 heteroatoms. The van der Waals surface area contributed by atoms with Gasteiger partial charge in [-0.05, 0) is 25.3 Å². The quantitative estimate of drug-likeness (QED) is 0.597. The highest BCUT2D eigenvalue weighted by atomic mass is 32.1. The summed E-state index contributed by atoms with van der Waals surface area (Å²) in [7, 11) is 0. The molecule has 1 nitrogen and oxygen atoms in total. The van der Waals surface area contributed by atoms with Gasteiger partial charge in [-0.25, -0.2) is 0 Å². The number of hydrogen-bond acceptors (Lipinski definition) is 2. The number of thiophene rings is 1. The molecular weight excluding hydrogens is 144 g/mol. The molecule has 0 atom stereocenters. The van der Waals surface area contributed by atoms with E-state index in [-0.39, 0.29) is 5.41 Å². The van der Waals surface area contributed by atoms with Crippen LogP contribution in [0.2, 0.25) is 0 Å². The minimum atomic E-state index is -0.297. The number of aldehydes is 1. The second-order valence-corrected chi connectivity index (χ2v) is 3.76. The van der Waals surface area contributed by atoms with Crippen molar-refractivity contribution in [3.05, 3.63) is 22.4 Å². The van der Waals surface area contributed by atoms with E-state index in [2.05, 4.69) is 0 Å². The van der Waals surface area contributed by atoms with Crippen LogP contribution in [0.25, 0.3) is 0 Å². The second-order valence-electron chi connectivity index (χ2n) is 2.82. The summed E-state index contributed by atoms with van der Waals surface area (Å²) in [5.74, 6) is 0. The third kappa shape index (κ3) is 1.27. The lowest BCUT2D eigenvalue weighted by atomic mass is 9.94. The van der Waals surface area contributed by atoms with E-state index in [1.165, 1.54) is 0 Å². The molecule has 0 aliphatic heterocycles. The zero-order valence-corrected chi connectivity index (χ0v) is 6.94. The molecule has 0 unspecified atom stereocenters. The molecule has 0 saturated carbocycles. The van der Waals surface area contributed by atoms with Crippen LogP contribution >= 0.6 is 11.3 Å². The first-order chi connectivity index (χ1) is 4.67. The Bertz CT molecular complexity index is 211. The van der Waals surface area contributed by atoms with Gasteiger partial charge >= 0.3 is 0 Å². The molecule has 0 aromatic carbocycles. The Balaban J connectivity index is 2.95. The summed E-state index contributed by atoms with van der Waals surface area (Å²) in [6, 6.07) is 3.95. The van der Waals surface area contributed by atoms with Crippen molar-refractivity contribution in [3.63, 3.8) is 0 Å². The van der Waals surface area contributed by atoms with Crippen LogP contribution in [-0.2, 0) is 10.2 Å². The van der Waals surface area contributed by atoms with Crippen molar-refractivity contribution in [2.75, 3.05) is 0 Å². The highest BCUT2D eigenvalue weighted by molar-refractivity contribution is 7.10. The third-order valence-corrected chi connectivity index (χ3v) is 2.66. The van der Waals surface area contributed by atoms with Crippen LogP contribution in [0.1, 0.15) is 18.7 Å². The van der Waals surface area contributed by atoms with Gasteiger partial charge < -0.3 is 4.79 Å². The van der Waals surface area contributed by atoms with E-state index < -0.39 is 0 Å². The monoisotopic (exact) mass is 154 g/mol. The van der Waals surface area contributed by atoms with Crippen molar-refractivity contribution < 1.29 is 4.79 Å². The average Bonchev–Trinajstić information content (AvgIpc) is 2.38. The molecule has 10 heavy (non-hydrogen) atoms. The van der Waals surface area contributed by atoms with Gasteiger partial charge in [0.25, 0.3) is 0 Å². The van der Waals surface area contributed by atoms with Gasteiger partial charge in [-0.15, -0.1) is 11.3 Å². The van der Waals surface area contributed by atoms with Crippen LogP contribution in [0.15, 0.2) is 17.5 Å². The lowest BCUT2D eigenvalue weighted by Crippen LogP contribution is -2.16. The third-order valence-electron chi connectivity index (χ3n) is 1.45. The minimum absolute atomic E-state index is 0.297. The molecule has 54 valence electrons. The molecule has 0 N–H and O–H groups in total. The van der Waals surface area contributed by atoms with Crippen molar-refractivity contribution in [2.24, 2.45) is 0 Å². The van der Waals surface area contributed by atoms with E-state index in [0.29, 0.717) is 0 Å². The number of hydrogen-bond donors (Lipinski definition) is 0. The molecule has 0 aliphatic carbocycles. The van der Waals surface area contributed by atoms with Crippen molar-refractivity contribution in [2.45, 2.75) is 19.3 Å². The molecular formula is C8H10OS. The van der Waals surface area contributed by atoms with Crippen LogP contribution in [-0.4, -0.2) is 6.29 Å². The first-order valence-corrected chi connectivity index (χ1v) is 4.05. The fourth-order valence-electron chi connectivity index (χ4n) is 0.703. The Morgan fingerprint density at radius 3 is 2.70 bits per heavy atom. The first kappa shape index (κ1) is 7.48. The molecule has 0 radical (unpaired) electrons. The normalized spacial score (nSPS) is 11.4. The second kappa shape index (κ2) is 2.54. The molecule has 0 aliphatic rings. The van der Waals surface area contributed by atoms with Crippen LogP contribution in [0.5, 0.6) is 0 Å². The van der Waals surface area contributed by atoms with Gasteiger partial charge in [0, 0.05) is 4.88 Å². The summed E-state index contributed by atoms with van der Waals surface area (Å²) in [6.07, 6.45) is 0.985. The van der Waals surface area contributed by atoms with Gasteiger partial charge in [0.1, 0.15) is 6.29 Å². The Kier molecular flexibility index (Phi) is 1.90. The van der Waals surface area contributed by atoms with E-state index >= 15 is 0 Å². The summed E-state index contributed by atoms with van der Waals surface area (Å²) in [4.78, 5) is 11.7. The van der Waals surface area contributed by atoms with Gasteiger partial charge in [-0.1, -0.05) is 6.07 Å². The highest BCUT2D eigenvalue weighted by Gasteiger charge is 2.19. The van der Waals surface area contributed by atoms with Gasteiger partial charge in [0.05, 0.1) is 5.41 Å². The Morgan fingerprint density at radius 2 is 2.30 bits per heavy atom. The molecule has 0 amide bonds. The molecule has 0 saturated heterocycles. The summed E-state index contributed by atoms with van der Waals surface area (Å²) < 4.78 is 0. The molecule has 1 aromatic heterocycles. The van der Waals surface area contributed by atoms with E-state index in [1.54, 1.807) is 11.3 Å². The maximum Gasteiger partial charge on any atom is 0.130 e. The molecule has 0 fully saturated rings. The number of rotatable bonds is 2. The smallest absolute Gasteiger partial charge is 0.130 e. The fraction of sp³-hybridized carbons (Fsp3) is 0.375. The van der Waals surface area contributed by atoms with Crippen LogP contribution in [0.4, 0.5) is 0 Å². The Morgan fingerprint density at radius 1 is 1.60 bits per heavy atom. The van der Waals surface area contributed by atoms with Crippen LogP contribution in [0.3, 0.4) is 0 Å². The molecule has 0 bridgehead atoms. The zero-order chi connectivity index (χ0) is 7.61. The standard InChI is InChI=1S/C8H10OS/c1-8(2,6-9)7-4-3-5-10-7/h3-6H,1-2H3. The lowest BCUT2D eigenvalue weighted by molar-refractivity contribution is -0.111. The first-order valence-electron chi connectivity index (χ1n) is 3.17.